The van der Waals surface area contributed by atoms with Crippen LogP contribution in [0.25, 0.3) is 0 Å². The van der Waals surface area contributed by atoms with Crippen molar-refractivity contribution in [2.45, 2.75) is 32.8 Å². The summed E-state index contributed by atoms with van der Waals surface area (Å²) in [5.74, 6) is 0.135. The second-order valence-electron chi connectivity index (χ2n) is 5.36. The molecule has 0 saturated carbocycles. The monoisotopic (exact) mass is 327 g/mol. The first-order valence-electron chi connectivity index (χ1n) is 6.55. The molecule has 0 radical (unpaired) electrons. The van der Waals surface area contributed by atoms with Crippen LogP contribution in [0.4, 0.5) is 0 Å². The normalized spacial score (nSPS) is 11.9. The Morgan fingerprint density at radius 1 is 1.42 bits per heavy atom. The summed E-state index contributed by atoms with van der Waals surface area (Å²) in [5, 5.41) is 9.81. The van der Waals surface area contributed by atoms with Gasteiger partial charge in [-0.25, -0.2) is 0 Å². The Bertz CT molecular complexity index is 426. The summed E-state index contributed by atoms with van der Waals surface area (Å²) in [7, 11) is 0. The van der Waals surface area contributed by atoms with Crippen molar-refractivity contribution in [3.05, 3.63) is 34.3 Å². The molecule has 1 N–H and O–H groups in total. The maximum atomic E-state index is 12.1. The highest BCUT2D eigenvalue weighted by Crippen LogP contribution is 2.14. The van der Waals surface area contributed by atoms with Gasteiger partial charge in [0.25, 0.3) is 0 Å². The zero-order valence-corrected chi connectivity index (χ0v) is 13.4. The number of hydrogen-bond donors (Lipinski definition) is 1. The lowest BCUT2D eigenvalue weighted by Gasteiger charge is -2.27. The summed E-state index contributed by atoms with van der Waals surface area (Å²) < 4.78 is 0.919. The minimum absolute atomic E-state index is 0.135. The molecule has 0 amide bonds. The van der Waals surface area contributed by atoms with Crippen molar-refractivity contribution in [3.8, 4) is 0 Å². The number of carbonyl (C=O) groups is 1. The topological polar surface area (TPSA) is 40.5 Å². The van der Waals surface area contributed by atoms with Crippen LogP contribution in [0.1, 0.15) is 37.6 Å². The maximum Gasteiger partial charge on any atom is 0.164 e. The van der Waals surface area contributed by atoms with Crippen molar-refractivity contribution >= 4 is 21.7 Å². The quantitative estimate of drug-likeness (QED) is 0.782. The van der Waals surface area contributed by atoms with Crippen LogP contribution in [-0.2, 0) is 0 Å². The second-order valence-corrected chi connectivity index (χ2v) is 6.28. The minimum Gasteiger partial charge on any atom is -0.389 e. The Morgan fingerprint density at radius 2 is 2.11 bits per heavy atom. The van der Waals surface area contributed by atoms with E-state index in [4.69, 9.17) is 0 Å². The minimum atomic E-state index is -0.727. The molecule has 0 saturated heterocycles. The van der Waals surface area contributed by atoms with Crippen molar-refractivity contribution in [1.82, 2.24) is 4.90 Å². The number of benzene rings is 1. The molecule has 4 heteroatoms. The highest BCUT2D eigenvalue weighted by molar-refractivity contribution is 9.10. The smallest absolute Gasteiger partial charge is 0.164 e. The van der Waals surface area contributed by atoms with Crippen LogP contribution >= 0.6 is 15.9 Å². The molecule has 0 fully saturated rings. The number of rotatable bonds is 7. The Morgan fingerprint density at radius 3 is 2.63 bits per heavy atom. The molecule has 0 unspecified atom stereocenters. The van der Waals surface area contributed by atoms with Gasteiger partial charge in [-0.15, -0.1) is 0 Å². The summed E-state index contributed by atoms with van der Waals surface area (Å²) >= 11 is 3.37. The fourth-order valence-corrected chi connectivity index (χ4v) is 2.36. The molecule has 0 aliphatic heterocycles. The van der Waals surface area contributed by atoms with Gasteiger partial charge in [0.05, 0.1) is 5.60 Å². The lowest BCUT2D eigenvalue weighted by Crippen LogP contribution is -2.39. The number of ketones is 1. The van der Waals surface area contributed by atoms with Crippen LogP contribution in [0.5, 0.6) is 0 Å². The Balaban J connectivity index is 2.53. The molecule has 3 nitrogen and oxygen atoms in total. The van der Waals surface area contributed by atoms with E-state index in [1.807, 2.05) is 31.2 Å². The zero-order valence-electron chi connectivity index (χ0n) is 11.8. The fraction of sp³-hybridized carbons (Fsp3) is 0.533. The number of carbonyl (C=O) groups excluding carboxylic acids is 1. The molecule has 1 aromatic carbocycles. The number of halogens is 1. The highest BCUT2D eigenvalue weighted by Gasteiger charge is 2.18. The van der Waals surface area contributed by atoms with Gasteiger partial charge in [-0.3, -0.25) is 4.79 Å². The first-order valence-corrected chi connectivity index (χ1v) is 7.34. The summed E-state index contributed by atoms with van der Waals surface area (Å²) in [6, 6.07) is 7.45. The molecule has 0 aliphatic rings. The Hall–Kier alpha value is -0.710. The third kappa shape index (κ3) is 6.32. The summed E-state index contributed by atoms with van der Waals surface area (Å²) in [6.45, 7) is 7.68. The van der Waals surface area contributed by atoms with Gasteiger partial charge in [0, 0.05) is 29.5 Å². The van der Waals surface area contributed by atoms with Gasteiger partial charge in [-0.05, 0) is 32.5 Å². The SMILES string of the molecule is CCN(CCC(=O)c1cccc(Br)c1)CC(C)(C)O. The van der Waals surface area contributed by atoms with Crippen LogP contribution in [0.15, 0.2) is 28.7 Å². The Labute approximate surface area is 123 Å². The molecule has 0 aromatic heterocycles. The van der Waals surface area contributed by atoms with E-state index in [0.717, 1.165) is 16.6 Å². The lowest BCUT2D eigenvalue weighted by atomic mass is 10.1. The van der Waals surface area contributed by atoms with E-state index >= 15 is 0 Å². The van der Waals surface area contributed by atoms with Crippen LogP contribution in [0, 0.1) is 0 Å². The third-order valence-electron chi connectivity index (χ3n) is 2.86. The van der Waals surface area contributed by atoms with E-state index in [9.17, 15) is 9.90 Å². The first-order chi connectivity index (χ1) is 8.81. The molecule has 0 aliphatic carbocycles. The summed E-state index contributed by atoms with van der Waals surface area (Å²) in [6.07, 6.45) is 0.473. The lowest BCUT2D eigenvalue weighted by molar-refractivity contribution is 0.0371. The number of hydrogen-bond acceptors (Lipinski definition) is 3. The second kappa shape index (κ2) is 7.17. The molecule has 0 spiro atoms. The summed E-state index contributed by atoms with van der Waals surface area (Å²) in [4.78, 5) is 14.2. The largest absolute Gasteiger partial charge is 0.389 e. The van der Waals surface area contributed by atoms with Crippen molar-refractivity contribution in [2.75, 3.05) is 19.6 Å². The van der Waals surface area contributed by atoms with Gasteiger partial charge in [-0.1, -0.05) is 35.0 Å². The Kier molecular flexibility index (Phi) is 6.17. The van der Waals surface area contributed by atoms with Crippen LogP contribution in [0.3, 0.4) is 0 Å². The number of likely N-dealkylation sites (N-methyl/N-ethyl adjacent to an activating group) is 1. The molecular formula is C15H22BrNO2. The van der Waals surface area contributed by atoms with Crippen LogP contribution in [0.2, 0.25) is 0 Å². The molecule has 19 heavy (non-hydrogen) atoms. The average Bonchev–Trinajstić information content (AvgIpc) is 2.32. The van der Waals surface area contributed by atoms with Gasteiger partial charge < -0.3 is 10.0 Å². The van der Waals surface area contributed by atoms with E-state index in [0.29, 0.717) is 19.5 Å². The highest BCUT2D eigenvalue weighted by atomic mass is 79.9. The zero-order chi connectivity index (χ0) is 14.5. The fourth-order valence-electron chi connectivity index (χ4n) is 1.96. The van der Waals surface area contributed by atoms with Crippen molar-refractivity contribution in [3.63, 3.8) is 0 Å². The summed E-state index contributed by atoms with van der Waals surface area (Å²) in [5.41, 5.74) is 0.00292. The molecule has 0 heterocycles. The number of Topliss-reactive ketones (excluding diaryl/α,β-unsaturated/α-hetero) is 1. The molecular weight excluding hydrogens is 306 g/mol. The van der Waals surface area contributed by atoms with Crippen molar-refractivity contribution < 1.29 is 9.90 Å². The predicted octanol–water partition coefficient (Wildman–Crippen LogP) is 3.11. The van der Waals surface area contributed by atoms with Crippen LogP contribution < -0.4 is 0 Å². The van der Waals surface area contributed by atoms with Gasteiger partial charge in [0.2, 0.25) is 0 Å². The van der Waals surface area contributed by atoms with E-state index in [1.165, 1.54) is 0 Å². The van der Waals surface area contributed by atoms with Gasteiger partial charge in [-0.2, -0.15) is 0 Å². The molecule has 0 bridgehead atoms. The van der Waals surface area contributed by atoms with Crippen LogP contribution in [-0.4, -0.2) is 41.0 Å². The molecule has 0 atom stereocenters. The standard InChI is InChI=1S/C15H22BrNO2/c1-4-17(11-15(2,3)19)9-8-14(18)12-6-5-7-13(16)10-12/h5-7,10,19H,4,8-9,11H2,1-3H3. The van der Waals surface area contributed by atoms with Crippen molar-refractivity contribution in [2.24, 2.45) is 0 Å². The maximum absolute atomic E-state index is 12.1. The van der Waals surface area contributed by atoms with Gasteiger partial charge in [0.1, 0.15) is 0 Å². The van der Waals surface area contributed by atoms with E-state index in [-0.39, 0.29) is 5.78 Å². The average molecular weight is 328 g/mol. The molecule has 1 aromatic rings. The first kappa shape index (κ1) is 16.3. The molecule has 1 rings (SSSR count). The third-order valence-corrected chi connectivity index (χ3v) is 3.35. The van der Waals surface area contributed by atoms with E-state index in [2.05, 4.69) is 20.8 Å². The predicted molar refractivity (Wildman–Crippen MR) is 81.5 cm³/mol. The van der Waals surface area contributed by atoms with E-state index in [1.54, 1.807) is 13.8 Å². The van der Waals surface area contributed by atoms with Gasteiger partial charge >= 0.3 is 0 Å². The van der Waals surface area contributed by atoms with Crippen molar-refractivity contribution in [1.29, 1.82) is 0 Å². The van der Waals surface area contributed by atoms with Gasteiger partial charge in [0.15, 0.2) is 5.78 Å². The number of aliphatic hydroxyl groups is 1. The number of nitrogens with zero attached hydrogens (tertiary/aromatic N) is 1. The van der Waals surface area contributed by atoms with E-state index < -0.39 is 5.60 Å². The molecule has 106 valence electrons.